The van der Waals surface area contributed by atoms with Crippen LogP contribution in [0.4, 0.5) is 0 Å². The zero-order valence-corrected chi connectivity index (χ0v) is 12.2. The number of nitrogens with one attached hydrogen (secondary N) is 1. The van der Waals surface area contributed by atoms with Gasteiger partial charge in [-0.1, -0.05) is 26.0 Å². The predicted octanol–water partition coefficient (Wildman–Crippen LogP) is 2.18. The number of rotatable bonds is 6. The molecule has 1 saturated carbocycles. The smallest absolute Gasteiger partial charge is 0.0958 e. The minimum absolute atomic E-state index is 0.169. The molecule has 2 N–H and O–H groups in total. The Bertz CT molecular complexity index is 588. The van der Waals surface area contributed by atoms with Gasteiger partial charge in [-0.05, 0) is 30.9 Å². The number of benzene rings is 1. The number of fused-ring (bicyclic) bond motifs is 1. The molecule has 0 saturated heterocycles. The predicted molar refractivity (Wildman–Crippen MR) is 80.5 cm³/mol. The summed E-state index contributed by atoms with van der Waals surface area (Å²) >= 11 is 0. The van der Waals surface area contributed by atoms with Crippen molar-refractivity contribution in [3.63, 3.8) is 0 Å². The van der Waals surface area contributed by atoms with E-state index in [4.69, 9.17) is 0 Å². The number of hydrogen-bond acceptors (Lipinski definition) is 3. The van der Waals surface area contributed by atoms with E-state index in [2.05, 4.69) is 34.8 Å². The van der Waals surface area contributed by atoms with E-state index in [1.54, 1.807) is 0 Å². The van der Waals surface area contributed by atoms with Crippen LogP contribution in [-0.2, 0) is 6.54 Å². The van der Waals surface area contributed by atoms with Gasteiger partial charge in [0.25, 0.3) is 0 Å². The summed E-state index contributed by atoms with van der Waals surface area (Å²) in [4.78, 5) is 4.45. The number of imidazole rings is 1. The molecule has 108 valence electrons. The molecule has 0 amide bonds. The Morgan fingerprint density at radius 3 is 2.80 bits per heavy atom. The second kappa shape index (κ2) is 5.19. The summed E-state index contributed by atoms with van der Waals surface area (Å²) in [6.45, 7) is 5.22. The van der Waals surface area contributed by atoms with Crippen molar-refractivity contribution in [3.8, 4) is 0 Å². The molecule has 0 bridgehead atoms. The van der Waals surface area contributed by atoms with E-state index in [9.17, 15) is 5.11 Å². The molecule has 1 unspecified atom stereocenters. The summed E-state index contributed by atoms with van der Waals surface area (Å²) in [5.41, 5.74) is 1.92. The van der Waals surface area contributed by atoms with E-state index in [1.807, 2.05) is 24.5 Å². The molecule has 0 aliphatic heterocycles. The summed E-state index contributed by atoms with van der Waals surface area (Å²) in [5.74, 6) is 0.566. The van der Waals surface area contributed by atoms with Crippen LogP contribution in [0.25, 0.3) is 11.0 Å². The van der Waals surface area contributed by atoms with Crippen molar-refractivity contribution < 1.29 is 5.11 Å². The molecule has 1 aromatic heterocycles. The van der Waals surface area contributed by atoms with E-state index in [1.165, 1.54) is 12.8 Å². The Hall–Kier alpha value is -1.39. The van der Waals surface area contributed by atoms with Gasteiger partial charge in [-0.25, -0.2) is 4.98 Å². The van der Waals surface area contributed by atoms with Gasteiger partial charge in [0.2, 0.25) is 0 Å². The van der Waals surface area contributed by atoms with Gasteiger partial charge < -0.3 is 15.0 Å². The van der Waals surface area contributed by atoms with Crippen LogP contribution in [0.2, 0.25) is 0 Å². The van der Waals surface area contributed by atoms with Crippen molar-refractivity contribution >= 4 is 11.0 Å². The molecule has 1 aromatic carbocycles. The molecule has 0 spiro atoms. The van der Waals surface area contributed by atoms with E-state index in [-0.39, 0.29) is 12.1 Å². The van der Waals surface area contributed by atoms with Gasteiger partial charge in [-0.15, -0.1) is 0 Å². The highest BCUT2D eigenvalue weighted by molar-refractivity contribution is 5.74. The Morgan fingerprint density at radius 2 is 2.15 bits per heavy atom. The highest BCUT2D eigenvalue weighted by Gasteiger charge is 2.45. The number of nitrogens with zero attached hydrogens (tertiary/aromatic N) is 2. The van der Waals surface area contributed by atoms with Gasteiger partial charge in [-0.2, -0.15) is 0 Å². The molecular formula is C16H23N3O. The molecule has 4 nitrogen and oxygen atoms in total. The van der Waals surface area contributed by atoms with Gasteiger partial charge in [0.15, 0.2) is 0 Å². The molecule has 1 fully saturated rings. The Labute approximate surface area is 119 Å². The maximum absolute atomic E-state index is 10.0. The Balaban J connectivity index is 1.93. The van der Waals surface area contributed by atoms with Crippen LogP contribution in [-0.4, -0.2) is 32.8 Å². The lowest BCUT2D eigenvalue weighted by atomic mass is 9.92. The number of aliphatic hydroxyl groups excluding tert-OH is 1. The second-order valence-electron chi connectivity index (χ2n) is 6.25. The van der Waals surface area contributed by atoms with Gasteiger partial charge in [0.05, 0.1) is 29.5 Å². The third kappa shape index (κ3) is 2.45. The fourth-order valence-corrected chi connectivity index (χ4v) is 3.17. The largest absolute Gasteiger partial charge is 0.394 e. The highest BCUT2D eigenvalue weighted by atomic mass is 16.3. The zero-order chi connectivity index (χ0) is 14.2. The first-order valence-electron chi connectivity index (χ1n) is 7.43. The van der Waals surface area contributed by atoms with Crippen LogP contribution < -0.4 is 5.32 Å². The van der Waals surface area contributed by atoms with Gasteiger partial charge in [-0.3, -0.25) is 0 Å². The van der Waals surface area contributed by atoms with Crippen molar-refractivity contribution in [3.05, 3.63) is 30.6 Å². The minimum Gasteiger partial charge on any atom is -0.394 e. The maximum atomic E-state index is 10.0. The van der Waals surface area contributed by atoms with Crippen molar-refractivity contribution in [1.82, 2.24) is 14.9 Å². The first kappa shape index (κ1) is 13.6. The lowest BCUT2D eigenvalue weighted by Crippen LogP contribution is -2.56. The van der Waals surface area contributed by atoms with Gasteiger partial charge in [0, 0.05) is 12.6 Å². The third-order valence-corrected chi connectivity index (χ3v) is 4.20. The number of aliphatic hydroxyl groups is 1. The zero-order valence-electron chi connectivity index (χ0n) is 12.2. The lowest BCUT2D eigenvalue weighted by molar-refractivity contribution is 0.114. The summed E-state index contributed by atoms with van der Waals surface area (Å²) < 4.78 is 2.17. The van der Waals surface area contributed by atoms with Crippen LogP contribution in [0.5, 0.6) is 0 Å². The quantitative estimate of drug-likeness (QED) is 0.848. The highest BCUT2D eigenvalue weighted by Crippen LogP contribution is 2.41. The Kier molecular flexibility index (Phi) is 3.52. The molecule has 0 radical (unpaired) electrons. The van der Waals surface area contributed by atoms with Crippen LogP contribution in [0.15, 0.2) is 30.6 Å². The first-order chi connectivity index (χ1) is 9.64. The molecule has 1 heterocycles. The molecule has 20 heavy (non-hydrogen) atoms. The van der Waals surface area contributed by atoms with Crippen LogP contribution >= 0.6 is 0 Å². The fraction of sp³-hybridized carbons (Fsp3) is 0.562. The molecule has 3 rings (SSSR count). The van der Waals surface area contributed by atoms with Crippen LogP contribution in [0, 0.1) is 5.92 Å². The number of para-hydroxylation sites is 2. The van der Waals surface area contributed by atoms with E-state index < -0.39 is 0 Å². The maximum Gasteiger partial charge on any atom is 0.0958 e. The van der Waals surface area contributed by atoms with Crippen molar-refractivity contribution in [2.45, 2.75) is 44.8 Å². The number of aromatic nitrogens is 2. The SMILES string of the molecule is CC(C)NC(CO)(Cn1cnc2ccccc21)C1CC1. The third-order valence-electron chi connectivity index (χ3n) is 4.20. The minimum atomic E-state index is -0.225. The standard InChI is InChI=1S/C16H23N3O/c1-12(2)18-16(10-20,13-7-8-13)9-19-11-17-14-5-3-4-6-15(14)19/h3-6,11-13,18,20H,7-10H2,1-2H3. The summed E-state index contributed by atoms with van der Waals surface area (Å²) in [5, 5.41) is 13.6. The molecule has 1 aliphatic carbocycles. The molecule has 4 heteroatoms. The van der Waals surface area contributed by atoms with Crippen molar-refractivity contribution in [2.24, 2.45) is 5.92 Å². The van der Waals surface area contributed by atoms with Gasteiger partial charge in [0.1, 0.15) is 0 Å². The van der Waals surface area contributed by atoms with Crippen LogP contribution in [0.1, 0.15) is 26.7 Å². The average Bonchev–Trinajstić information content (AvgIpc) is 3.22. The molecule has 1 aliphatic rings. The fourth-order valence-electron chi connectivity index (χ4n) is 3.17. The second-order valence-corrected chi connectivity index (χ2v) is 6.25. The summed E-state index contributed by atoms with van der Waals surface area (Å²) in [6, 6.07) is 8.52. The summed E-state index contributed by atoms with van der Waals surface area (Å²) in [7, 11) is 0. The molecule has 1 atom stereocenters. The van der Waals surface area contributed by atoms with Crippen molar-refractivity contribution in [2.75, 3.05) is 6.61 Å². The first-order valence-corrected chi connectivity index (χ1v) is 7.43. The van der Waals surface area contributed by atoms with E-state index >= 15 is 0 Å². The van der Waals surface area contributed by atoms with E-state index in [0.717, 1.165) is 17.6 Å². The Morgan fingerprint density at radius 1 is 1.40 bits per heavy atom. The van der Waals surface area contributed by atoms with E-state index in [0.29, 0.717) is 12.0 Å². The monoisotopic (exact) mass is 273 g/mol. The van der Waals surface area contributed by atoms with Crippen LogP contribution in [0.3, 0.4) is 0 Å². The topological polar surface area (TPSA) is 50.1 Å². The lowest BCUT2D eigenvalue weighted by Gasteiger charge is -2.36. The average molecular weight is 273 g/mol. The van der Waals surface area contributed by atoms with Crippen molar-refractivity contribution in [1.29, 1.82) is 0 Å². The number of hydrogen-bond donors (Lipinski definition) is 2. The normalized spacial score (nSPS) is 18.6. The summed E-state index contributed by atoms with van der Waals surface area (Å²) in [6.07, 6.45) is 4.29. The van der Waals surface area contributed by atoms with Gasteiger partial charge >= 0.3 is 0 Å². The molecule has 2 aromatic rings. The molecular weight excluding hydrogens is 250 g/mol.